The zero-order valence-electron chi connectivity index (χ0n) is 14.8. The number of halogens is 2. The van der Waals surface area contributed by atoms with E-state index in [1.165, 1.54) is 4.90 Å². The minimum Gasteiger partial charge on any atom is -0.268 e. The Bertz CT molecular complexity index is 1110. The zero-order valence-corrected chi connectivity index (χ0v) is 18.8. The van der Waals surface area contributed by atoms with Crippen molar-refractivity contribution in [2.45, 2.75) is 15.6 Å². The molecule has 0 saturated carbocycles. The number of nitrogens with zero attached hydrogens (tertiary/aromatic N) is 1. The van der Waals surface area contributed by atoms with Crippen molar-refractivity contribution in [2.24, 2.45) is 0 Å². The standard InChI is InChI=1S/C21H13Cl2NO2S3/c22-14-5-7-15(8-6-14)27-19-10-9-16(28-19)11-18-20(25)24(21(26)29-18)12-13-3-1-2-4-17(13)23/h1-11H,12H2/b18-11+. The average molecular weight is 478 g/mol. The molecule has 0 N–H and O–H groups in total. The highest BCUT2D eigenvalue weighted by atomic mass is 35.5. The van der Waals surface area contributed by atoms with E-state index in [4.69, 9.17) is 23.2 Å². The molecule has 0 aliphatic carbocycles. The third kappa shape index (κ3) is 4.90. The second-order valence-electron chi connectivity index (χ2n) is 6.07. The van der Waals surface area contributed by atoms with E-state index >= 15 is 0 Å². The highest BCUT2D eigenvalue weighted by Crippen LogP contribution is 2.38. The van der Waals surface area contributed by atoms with E-state index in [1.807, 2.05) is 54.6 Å². The maximum Gasteiger partial charge on any atom is 0.293 e. The van der Waals surface area contributed by atoms with Crippen molar-refractivity contribution in [3.63, 3.8) is 0 Å². The van der Waals surface area contributed by atoms with Gasteiger partial charge in [-0.2, -0.15) is 0 Å². The van der Waals surface area contributed by atoms with E-state index in [-0.39, 0.29) is 17.7 Å². The number of thiophene rings is 1. The molecule has 0 radical (unpaired) electrons. The Morgan fingerprint density at radius 1 is 0.966 bits per heavy atom. The monoisotopic (exact) mass is 477 g/mol. The first-order valence-electron chi connectivity index (χ1n) is 8.51. The van der Waals surface area contributed by atoms with Crippen molar-refractivity contribution in [1.29, 1.82) is 0 Å². The van der Waals surface area contributed by atoms with Crippen molar-refractivity contribution >= 4 is 75.3 Å². The van der Waals surface area contributed by atoms with Gasteiger partial charge in [0.25, 0.3) is 11.1 Å². The van der Waals surface area contributed by atoms with Gasteiger partial charge in [0.2, 0.25) is 0 Å². The van der Waals surface area contributed by atoms with Gasteiger partial charge >= 0.3 is 0 Å². The van der Waals surface area contributed by atoms with E-state index in [1.54, 1.807) is 35.2 Å². The molecule has 146 valence electrons. The number of carbonyl (C=O) groups excluding carboxylic acids is 2. The van der Waals surface area contributed by atoms with Crippen LogP contribution in [0.3, 0.4) is 0 Å². The lowest BCUT2D eigenvalue weighted by Crippen LogP contribution is -2.27. The van der Waals surface area contributed by atoms with Gasteiger partial charge in [-0.05, 0) is 65.9 Å². The van der Waals surface area contributed by atoms with Gasteiger partial charge in [-0.3, -0.25) is 14.5 Å². The Morgan fingerprint density at radius 3 is 2.48 bits per heavy atom. The fourth-order valence-electron chi connectivity index (χ4n) is 2.65. The van der Waals surface area contributed by atoms with Crippen LogP contribution in [0.2, 0.25) is 10.0 Å². The molecule has 3 aromatic rings. The molecule has 1 aromatic heterocycles. The lowest BCUT2D eigenvalue weighted by atomic mass is 10.2. The van der Waals surface area contributed by atoms with Crippen LogP contribution < -0.4 is 0 Å². The highest BCUT2D eigenvalue weighted by molar-refractivity contribution is 8.18. The average Bonchev–Trinajstić information content (AvgIpc) is 3.25. The van der Waals surface area contributed by atoms with Crippen LogP contribution in [-0.2, 0) is 11.3 Å². The fraction of sp³-hybridized carbons (Fsp3) is 0.0476. The van der Waals surface area contributed by atoms with Gasteiger partial charge in [0, 0.05) is 19.8 Å². The quantitative estimate of drug-likeness (QED) is 0.357. The minimum atomic E-state index is -0.291. The van der Waals surface area contributed by atoms with E-state index in [0.29, 0.717) is 15.0 Å². The number of imide groups is 1. The van der Waals surface area contributed by atoms with E-state index in [0.717, 1.165) is 31.3 Å². The highest BCUT2D eigenvalue weighted by Gasteiger charge is 2.35. The van der Waals surface area contributed by atoms with E-state index in [9.17, 15) is 9.59 Å². The molecule has 2 aromatic carbocycles. The van der Waals surface area contributed by atoms with E-state index < -0.39 is 0 Å². The van der Waals surface area contributed by atoms with Gasteiger partial charge < -0.3 is 0 Å². The molecule has 0 spiro atoms. The lowest BCUT2D eigenvalue weighted by molar-refractivity contribution is -0.123. The van der Waals surface area contributed by atoms with Crippen LogP contribution in [-0.4, -0.2) is 16.0 Å². The Kier molecular flexibility index (Phi) is 6.37. The second-order valence-corrected chi connectivity index (χ2v) is 10.4. The second kappa shape index (κ2) is 8.98. The maximum atomic E-state index is 12.7. The molecule has 0 unspecified atom stereocenters. The molecular formula is C21H13Cl2NO2S3. The van der Waals surface area contributed by atoms with Gasteiger partial charge in [0.1, 0.15) is 0 Å². The first kappa shape index (κ1) is 20.6. The topological polar surface area (TPSA) is 37.4 Å². The Labute approximate surface area is 190 Å². The summed E-state index contributed by atoms with van der Waals surface area (Å²) in [6.45, 7) is 0.170. The number of rotatable bonds is 5. The zero-order chi connectivity index (χ0) is 20.4. The van der Waals surface area contributed by atoms with Crippen molar-refractivity contribution in [1.82, 2.24) is 4.90 Å². The van der Waals surface area contributed by atoms with Crippen LogP contribution in [0.25, 0.3) is 6.08 Å². The van der Waals surface area contributed by atoms with Gasteiger partial charge in [-0.15, -0.1) is 11.3 Å². The maximum absolute atomic E-state index is 12.7. The summed E-state index contributed by atoms with van der Waals surface area (Å²) in [6, 6.07) is 18.8. The van der Waals surface area contributed by atoms with Crippen LogP contribution in [0, 0.1) is 0 Å². The van der Waals surface area contributed by atoms with Gasteiger partial charge in [-0.1, -0.05) is 53.2 Å². The number of benzene rings is 2. The molecule has 8 heteroatoms. The Morgan fingerprint density at radius 2 is 1.72 bits per heavy atom. The molecule has 2 heterocycles. The number of hydrogen-bond donors (Lipinski definition) is 0. The number of amides is 2. The summed E-state index contributed by atoms with van der Waals surface area (Å²) in [7, 11) is 0. The summed E-state index contributed by atoms with van der Waals surface area (Å²) < 4.78 is 1.09. The third-order valence-electron chi connectivity index (χ3n) is 4.07. The summed E-state index contributed by atoms with van der Waals surface area (Å²) >= 11 is 16.2. The summed E-state index contributed by atoms with van der Waals surface area (Å²) in [6.07, 6.45) is 1.77. The lowest BCUT2D eigenvalue weighted by Gasteiger charge is -2.13. The molecular weight excluding hydrogens is 465 g/mol. The Balaban J connectivity index is 1.48. The molecule has 0 atom stereocenters. The van der Waals surface area contributed by atoms with Crippen molar-refractivity contribution < 1.29 is 9.59 Å². The first-order valence-corrected chi connectivity index (χ1v) is 11.7. The summed E-state index contributed by atoms with van der Waals surface area (Å²) in [5.41, 5.74) is 0.746. The number of hydrogen-bond acceptors (Lipinski definition) is 5. The van der Waals surface area contributed by atoms with Crippen molar-refractivity contribution in [2.75, 3.05) is 0 Å². The molecule has 3 nitrogen and oxygen atoms in total. The normalized spacial score (nSPS) is 15.5. The van der Waals surface area contributed by atoms with Crippen molar-refractivity contribution in [3.05, 3.63) is 86.1 Å². The van der Waals surface area contributed by atoms with Crippen molar-refractivity contribution in [3.8, 4) is 0 Å². The summed E-state index contributed by atoms with van der Waals surface area (Å²) in [5.74, 6) is -0.291. The number of carbonyl (C=O) groups is 2. The third-order valence-corrected chi connectivity index (χ3v) is 7.77. The van der Waals surface area contributed by atoms with E-state index in [2.05, 4.69) is 0 Å². The van der Waals surface area contributed by atoms with Crippen LogP contribution in [0.15, 0.2) is 74.7 Å². The minimum absolute atomic E-state index is 0.170. The Hall–Kier alpha value is -1.70. The largest absolute Gasteiger partial charge is 0.293 e. The molecule has 29 heavy (non-hydrogen) atoms. The molecule has 1 fully saturated rings. The molecule has 4 rings (SSSR count). The molecule has 0 bridgehead atoms. The van der Waals surface area contributed by atoms with Gasteiger partial charge in [0.15, 0.2) is 0 Å². The molecule has 1 aliphatic heterocycles. The molecule has 1 saturated heterocycles. The van der Waals surface area contributed by atoms with Crippen LogP contribution >= 0.6 is 58.1 Å². The molecule has 2 amide bonds. The predicted molar refractivity (Wildman–Crippen MR) is 123 cm³/mol. The summed E-state index contributed by atoms with van der Waals surface area (Å²) in [4.78, 5) is 28.7. The van der Waals surface area contributed by atoms with Crippen LogP contribution in [0.4, 0.5) is 4.79 Å². The van der Waals surface area contributed by atoms with Gasteiger partial charge in [0.05, 0.1) is 15.7 Å². The predicted octanol–water partition coefficient (Wildman–Crippen LogP) is 7.44. The van der Waals surface area contributed by atoms with Crippen LogP contribution in [0.1, 0.15) is 10.4 Å². The fourth-order valence-corrected chi connectivity index (χ4v) is 5.94. The first-order chi connectivity index (χ1) is 14.0. The van der Waals surface area contributed by atoms with Gasteiger partial charge in [-0.25, -0.2) is 0 Å². The smallest absolute Gasteiger partial charge is 0.268 e. The summed E-state index contributed by atoms with van der Waals surface area (Å²) in [5, 5.41) is 0.958. The number of thioether (sulfide) groups is 1. The molecule has 1 aliphatic rings. The van der Waals surface area contributed by atoms with Crippen LogP contribution in [0.5, 0.6) is 0 Å². The SMILES string of the molecule is O=C1S/C(=C/c2ccc(Sc3ccc(Cl)cc3)s2)C(=O)N1Cc1ccccc1Cl.